The van der Waals surface area contributed by atoms with E-state index >= 15 is 0 Å². The quantitative estimate of drug-likeness (QED) is 0.816. The normalized spacial score (nSPS) is 19.0. The maximum absolute atomic E-state index is 5.18. The topological polar surface area (TPSA) is 33.5 Å². The first-order chi connectivity index (χ1) is 11.7. The number of benzene rings is 1. The van der Waals surface area contributed by atoms with Crippen molar-refractivity contribution in [3.8, 4) is 0 Å². The van der Waals surface area contributed by atoms with Gasteiger partial charge < -0.3 is 14.2 Å². The third-order valence-electron chi connectivity index (χ3n) is 4.85. The number of hydrogen-bond acceptors (Lipinski definition) is 4. The second kappa shape index (κ2) is 7.81. The molecule has 1 aliphatic heterocycles. The Labute approximate surface area is 144 Å². The van der Waals surface area contributed by atoms with Gasteiger partial charge in [-0.3, -0.25) is 4.90 Å². The number of hydrogen-bond donors (Lipinski definition) is 0. The van der Waals surface area contributed by atoms with Gasteiger partial charge in [0.05, 0.1) is 13.2 Å². The van der Waals surface area contributed by atoms with Crippen LogP contribution in [-0.4, -0.2) is 53.8 Å². The molecule has 0 aliphatic carbocycles. The molecule has 2 heterocycles. The van der Waals surface area contributed by atoms with E-state index in [1.54, 1.807) is 7.11 Å². The second-order valence-electron chi connectivity index (χ2n) is 6.63. The molecule has 3 rings (SSSR count). The fourth-order valence-corrected chi connectivity index (χ4v) is 3.29. The number of nitrogens with zero attached hydrogens (tertiary/aromatic N) is 4. The molecule has 130 valence electrons. The van der Waals surface area contributed by atoms with Crippen LogP contribution in [0.1, 0.15) is 18.3 Å². The fraction of sp³-hybridized carbons (Fsp3) is 0.526. The minimum Gasteiger partial charge on any atom is -0.383 e. The van der Waals surface area contributed by atoms with E-state index in [2.05, 4.69) is 57.5 Å². The van der Waals surface area contributed by atoms with E-state index in [1.807, 2.05) is 12.4 Å². The van der Waals surface area contributed by atoms with E-state index in [1.165, 1.54) is 11.3 Å². The van der Waals surface area contributed by atoms with Crippen LogP contribution in [0.4, 0.5) is 5.69 Å². The Kier molecular flexibility index (Phi) is 5.53. The van der Waals surface area contributed by atoms with Crippen molar-refractivity contribution in [3.63, 3.8) is 0 Å². The first kappa shape index (κ1) is 17.0. The predicted molar refractivity (Wildman–Crippen MR) is 97.4 cm³/mol. The van der Waals surface area contributed by atoms with Gasteiger partial charge in [-0.25, -0.2) is 4.98 Å². The Bertz CT molecular complexity index is 637. The zero-order valence-corrected chi connectivity index (χ0v) is 15.0. The molecule has 1 unspecified atom stereocenters. The lowest BCUT2D eigenvalue weighted by Crippen LogP contribution is -2.51. The van der Waals surface area contributed by atoms with Crippen LogP contribution in [-0.2, 0) is 17.8 Å². The molecular formula is C19H28N4O. The number of rotatable bonds is 6. The van der Waals surface area contributed by atoms with Gasteiger partial charge in [0, 0.05) is 57.4 Å². The second-order valence-corrected chi connectivity index (χ2v) is 6.63. The Morgan fingerprint density at radius 3 is 2.71 bits per heavy atom. The third kappa shape index (κ3) is 3.97. The highest BCUT2D eigenvalue weighted by molar-refractivity contribution is 5.48. The molecule has 1 saturated heterocycles. The molecule has 0 amide bonds. The van der Waals surface area contributed by atoms with Crippen molar-refractivity contribution in [2.24, 2.45) is 0 Å². The molecule has 1 fully saturated rings. The SMILES string of the molecule is COCCn1ccnc1CN1CCN(c2ccc(C)cc2)CC1C. The molecule has 1 aromatic carbocycles. The van der Waals surface area contributed by atoms with Crippen LogP contribution in [0.3, 0.4) is 0 Å². The average molecular weight is 328 g/mol. The van der Waals surface area contributed by atoms with Gasteiger partial charge >= 0.3 is 0 Å². The Morgan fingerprint density at radius 1 is 1.21 bits per heavy atom. The lowest BCUT2D eigenvalue weighted by molar-refractivity contribution is 0.166. The Hall–Kier alpha value is -1.85. The average Bonchev–Trinajstić information content (AvgIpc) is 3.02. The summed E-state index contributed by atoms with van der Waals surface area (Å²) in [6.45, 7) is 10.1. The Balaban J connectivity index is 1.60. The minimum absolute atomic E-state index is 0.507. The number of ether oxygens (including phenoxy) is 1. The van der Waals surface area contributed by atoms with Crippen LogP contribution < -0.4 is 4.90 Å². The van der Waals surface area contributed by atoms with Crippen LogP contribution in [0.5, 0.6) is 0 Å². The molecule has 0 bridgehead atoms. The van der Waals surface area contributed by atoms with Gasteiger partial charge in [0.15, 0.2) is 0 Å². The maximum atomic E-state index is 5.18. The smallest absolute Gasteiger partial charge is 0.122 e. The van der Waals surface area contributed by atoms with Gasteiger partial charge in [-0.15, -0.1) is 0 Å². The number of aromatic nitrogens is 2. The van der Waals surface area contributed by atoms with Crippen molar-refractivity contribution in [1.29, 1.82) is 0 Å². The molecular weight excluding hydrogens is 300 g/mol. The molecule has 5 nitrogen and oxygen atoms in total. The summed E-state index contributed by atoms with van der Waals surface area (Å²) in [5.74, 6) is 1.13. The molecule has 0 N–H and O–H groups in total. The summed E-state index contributed by atoms with van der Waals surface area (Å²) >= 11 is 0. The lowest BCUT2D eigenvalue weighted by Gasteiger charge is -2.40. The third-order valence-corrected chi connectivity index (χ3v) is 4.85. The number of methoxy groups -OCH3 is 1. The predicted octanol–water partition coefficient (Wildman–Crippen LogP) is 2.55. The first-order valence-electron chi connectivity index (χ1n) is 8.72. The van der Waals surface area contributed by atoms with E-state index in [4.69, 9.17) is 4.74 Å². The van der Waals surface area contributed by atoms with E-state index in [0.29, 0.717) is 6.04 Å². The zero-order chi connectivity index (χ0) is 16.9. The zero-order valence-electron chi connectivity index (χ0n) is 15.0. The molecule has 5 heteroatoms. The minimum atomic E-state index is 0.507. The van der Waals surface area contributed by atoms with Gasteiger partial charge in [-0.05, 0) is 26.0 Å². The van der Waals surface area contributed by atoms with Crippen molar-refractivity contribution in [1.82, 2.24) is 14.5 Å². The highest BCUT2D eigenvalue weighted by atomic mass is 16.5. The van der Waals surface area contributed by atoms with E-state index < -0.39 is 0 Å². The van der Waals surface area contributed by atoms with Gasteiger partial charge in [0.1, 0.15) is 5.82 Å². The standard InChI is InChI=1S/C19H28N4O/c1-16-4-6-18(7-5-16)23-11-10-22(17(2)14-23)15-19-20-8-9-21(19)12-13-24-3/h4-9,17H,10-15H2,1-3H3. The fourth-order valence-electron chi connectivity index (χ4n) is 3.29. The lowest BCUT2D eigenvalue weighted by atomic mass is 10.1. The van der Waals surface area contributed by atoms with Gasteiger partial charge in [0.25, 0.3) is 0 Å². The summed E-state index contributed by atoms with van der Waals surface area (Å²) in [4.78, 5) is 9.54. The number of imidazole rings is 1. The summed E-state index contributed by atoms with van der Waals surface area (Å²) in [6.07, 6.45) is 3.93. The number of aryl methyl sites for hydroxylation is 1. The van der Waals surface area contributed by atoms with Crippen molar-refractivity contribution in [2.45, 2.75) is 33.0 Å². The maximum Gasteiger partial charge on any atom is 0.122 e. The molecule has 1 aliphatic rings. The highest BCUT2D eigenvalue weighted by Crippen LogP contribution is 2.20. The van der Waals surface area contributed by atoms with Gasteiger partial charge in [0.2, 0.25) is 0 Å². The van der Waals surface area contributed by atoms with E-state index in [-0.39, 0.29) is 0 Å². The number of piperazine rings is 1. The van der Waals surface area contributed by atoms with Gasteiger partial charge in [-0.1, -0.05) is 17.7 Å². The van der Waals surface area contributed by atoms with Crippen LogP contribution in [0, 0.1) is 6.92 Å². The summed E-state index contributed by atoms with van der Waals surface area (Å²) in [5, 5.41) is 0. The molecule has 1 atom stereocenters. The summed E-state index contributed by atoms with van der Waals surface area (Å²) < 4.78 is 7.38. The van der Waals surface area contributed by atoms with Gasteiger partial charge in [-0.2, -0.15) is 0 Å². The summed E-state index contributed by atoms with van der Waals surface area (Å²) in [6, 6.07) is 9.36. The van der Waals surface area contributed by atoms with Crippen molar-refractivity contribution >= 4 is 5.69 Å². The van der Waals surface area contributed by atoms with Crippen LogP contribution in [0.25, 0.3) is 0 Å². The highest BCUT2D eigenvalue weighted by Gasteiger charge is 2.24. The molecule has 1 aromatic heterocycles. The van der Waals surface area contributed by atoms with Crippen LogP contribution >= 0.6 is 0 Å². The molecule has 0 radical (unpaired) electrons. The first-order valence-corrected chi connectivity index (χ1v) is 8.72. The molecule has 0 spiro atoms. The van der Waals surface area contributed by atoms with Crippen LogP contribution in [0.15, 0.2) is 36.7 Å². The van der Waals surface area contributed by atoms with Crippen LogP contribution in [0.2, 0.25) is 0 Å². The summed E-state index contributed by atoms with van der Waals surface area (Å²) in [5.41, 5.74) is 2.64. The monoisotopic (exact) mass is 328 g/mol. The largest absolute Gasteiger partial charge is 0.383 e. The van der Waals surface area contributed by atoms with Crippen molar-refractivity contribution in [3.05, 3.63) is 48.0 Å². The summed E-state index contributed by atoms with van der Waals surface area (Å²) in [7, 11) is 1.74. The molecule has 24 heavy (non-hydrogen) atoms. The molecule has 2 aromatic rings. The Morgan fingerprint density at radius 2 is 2.00 bits per heavy atom. The van der Waals surface area contributed by atoms with E-state index in [9.17, 15) is 0 Å². The van der Waals surface area contributed by atoms with Crippen molar-refractivity contribution in [2.75, 3.05) is 38.3 Å². The van der Waals surface area contributed by atoms with Crippen molar-refractivity contribution < 1.29 is 4.74 Å². The van der Waals surface area contributed by atoms with E-state index in [0.717, 1.165) is 45.2 Å². The number of anilines is 1. The molecule has 0 saturated carbocycles.